The third-order valence-corrected chi connectivity index (χ3v) is 6.09. The van der Waals surface area contributed by atoms with Crippen LogP contribution in [0.5, 0.6) is 0 Å². The van der Waals surface area contributed by atoms with Gasteiger partial charge in [0.25, 0.3) is 5.24 Å². The molecule has 0 aliphatic carbocycles. The van der Waals surface area contributed by atoms with Crippen LogP contribution in [0.4, 0.5) is 4.79 Å². The molecule has 7 nitrogen and oxygen atoms in total. The van der Waals surface area contributed by atoms with Gasteiger partial charge in [-0.05, 0) is 30.9 Å². The number of nitrogens with zero attached hydrogens (tertiary/aromatic N) is 2. The lowest BCUT2D eigenvalue weighted by atomic mass is 10.1. The molecular formula is C13H28N6OS3. The quantitative estimate of drug-likeness (QED) is 0.190. The molecule has 0 bridgehead atoms. The van der Waals surface area contributed by atoms with Gasteiger partial charge >= 0.3 is 0 Å². The molecule has 0 aromatic heterocycles. The fraction of sp³-hybridized carbons (Fsp3) is 0.846. The topological polar surface area (TPSA) is 109 Å². The Balaban J connectivity index is 2.02. The van der Waals surface area contributed by atoms with Crippen LogP contribution in [0.15, 0.2) is 4.99 Å². The zero-order chi connectivity index (χ0) is 16.9. The summed E-state index contributed by atoms with van der Waals surface area (Å²) in [5.74, 6) is 1.94. The molecule has 23 heavy (non-hydrogen) atoms. The Bertz CT molecular complexity index is 360. The minimum absolute atomic E-state index is 0.0230. The Hall–Kier alpha value is -0.290. The molecule has 1 fully saturated rings. The van der Waals surface area contributed by atoms with Gasteiger partial charge in [0, 0.05) is 38.0 Å². The number of aliphatic imine (C=N–C) groups is 1. The van der Waals surface area contributed by atoms with E-state index in [4.69, 9.17) is 11.5 Å². The number of nitrogens with one attached hydrogen (secondary N) is 2. The molecule has 1 saturated heterocycles. The second-order valence-corrected chi connectivity index (χ2v) is 8.73. The molecule has 0 unspecified atom stereocenters. The van der Waals surface area contributed by atoms with Gasteiger partial charge in [-0.15, -0.1) is 0 Å². The minimum atomic E-state index is -0.0230. The van der Waals surface area contributed by atoms with Crippen molar-refractivity contribution in [3.8, 4) is 0 Å². The van der Waals surface area contributed by atoms with Crippen molar-refractivity contribution < 1.29 is 4.79 Å². The first-order chi connectivity index (χ1) is 11.1. The minimum Gasteiger partial charge on any atom is -0.370 e. The first kappa shape index (κ1) is 20.8. The maximum Gasteiger partial charge on any atom is 0.280 e. The van der Waals surface area contributed by atoms with E-state index in [1.165, 1.54) is 11.8 Å². The van der Waals surface area contributed by atoms with Crippen molar-refractivity contribution in [3.63, 3.8) is 0 Å². The number of likely N-dealkylation sites (tertiary alicyclic amines) is 1. The van der Waals surface area contributed by atoms with Crippen LogP contribution in [0.2, 0.25) is 0 Å². The van der Waals surface area contributed by atoms with Gasteiger partial charge in [0.15, 0.2) is 5.96 Å². The average molecular weight is 381 g/mol. The van der Waals surface area contributed by atoms with E-state index >= 15 is 0 Å². The summed E-state index contributed by atoms with van der Waals surface area (Å²) in [4.78, 5) is 17.8. The first-order valence-electron chi connectivity index (χ1n) is 7.69. The van der Waals surface area contributed by atoms with Gasteiger partial charge < -0.3 is 22.1 Å². The van der Waals surface area contributed by atoms with Gasteiger partial charge in [0.2, 0.25) is 0 Å². The van der Waals surface area contributed by atoms with E-state index in [2.05, 4.69) is 26.8 Å². The lowest BCUT2D eigenvalue weighted by Crippen LogP contribution is -2.43. The van der Waals surface area contributed by atoms with Crippen molar-refractivity contribution in [1.29, 1.82) is 0 Å². The molecule has 6 N–H and O–H groups in total. The lowest BCUT2D eigenvalue weighted by Gasteiger charge is -2.31. The fourth-order valence-electron chi connectivity index (χ4n) is 2.20. The van der Waals surface area contributed by atoms with Crippen LogP contribution in [0, 0.1) is 0 Å². The van der Waals surface area contributed by atoms with E-state index in [-0.39, 0.29) is 11.2 Å². The van der Waals surface area contributed by atoms with Gasteiger partial charge in [-0.3, -0.25) is 14.7 Å². The fourth-order valence-corrected chi connectivity index (χ4v) is 4.08. The van der Waals surface area contributed by atoms with E-state index < -0.39 is 0 Å². The summed E-state index contributed by atoms with van der Waals surface area (Å²) in [6.07, 6.45) is 4.41. The van der Waals surface area contributed by atoms with Crippen molar-refractivity contribution in [1.82, 2.24) is 15.5 Å². The summed E-state index contributed by atoms with van der Waals surface area (Å²) in [6.45, 7) is 4.04. The number of hydrogen-bond acceptors (Lipinski definition) is 7. The standard InChI is InChI=1S/C13H28N6OS3/c1-21-23-9-6-16-11-2-7-19(8-3-11)10-22-13(20)18-5-4-17-12(14)15/h11,16H,2-10H2,1H3,(H,18,20)(H4,14,15,17). The molecule has 134 valence electrons. The molecular weight excluding hydrogens is 352 g/mol. The van der Waals surface area contributed by atoms with E-state index in [0.29, 0.717) is 19.1 Å². The van der Waals surface area contributed by atoms with Crippen LogP contribution in [-0.2, 0) is 0 Å². The van der Waals surface area contributed by atoms with Crippen molar-refractivity contribution in [2.45, 2.75) is 18.9 Å². The molecule has 1 amide bonds. The molecule has 1 rings (SSSR count). The molecule has 10 heteroatoms. The highest BCUT2D eigenvalue weighted by molar-refractivity contribution is 8.76. The number of guanidine groups is 1. The number of nitrogens with two attached hydrogens (primary N) is 2. The number of piperidine rings is 1. The Labute approximate surface area is 150 Å². The second kappa shape index (κ2) is 13.1. The van der Waals surface area contributed by atoms with Crippen LogP contribution in [0.1, 0.15) is 12.8 Å². The van der Waals surface area contributed by atoms with E-state index in [1.807, 2.05) is 21.6 Å². The van der Waals surface area contributed by atoms with Crippen LogP contribution < -0.4 is 22.1 Å². The first-order valence-corrected chi connectivity index (χ1v) is 11.4. The molecule has 0 spiro atoms. The highest BCUT2D eigenvalue weighted by atomic mass is 33.1. The SMILES string of the molecule is CSSCCNC1CCN(CSC(=O)NCCN=C(N)N)CC1. The van der Waals surface area contributed by atoms with E-state index in [1.54, 1.807) is 0 Å². The lowest BCUT2D eigenvalue weighted by molar-refractivity contribution is 0.228. The molecule has 1 aliphatic rings. The largest absolute Gasteiger partial charge is 0.370 e. The van der Waals surface area contributed by atoms with Crippen molar-refractivity contribution >= 4 is 44.5 Å². The molecule has 0 aromatic carbocycles. The summed E-state index contributed by atoms with van der Waals surface area (Å²) in [5.41, 5.74) is 10.4. The maximum absolute atomic E-state index is 11.7. The van der Waals surface area contributed by atoms with Gasteiger partial charge in [-0.1, -0.05) is 21.6 Å². The second-order valence-electron chi connectivity index (χ2n) is 5.13. The van der Waals surface area contributed by atoms with Crippen LogP contribution in [0.25, 0.3) is 0 Å². The van der Waals surface area contributed by atoms with Crippen LogP contribution in [-0.4, -0.2) is 72.7 Å². The summed E-state index contributed by atoms with van der Waals surface area (Å²) in [5, 5.41) is 6.37. The number of carbonyl (C=O) groups is 1. The Morgan fingerprint density at radius 1 is 1.30 bits per heavy atom. The Morgan fingerprint density at radius 2 is 2.04 bits per heavy atom. The molecule has 1 heterocycles. The van der Waals surface area contributed by atoms with Gasteiger partial charge in [-0.25, -0.2) is 0 Å². The highest BCUT2D eigenvalue weighted by Crippen LogP contribution is 2.17. The predicted molar refractivity (Wildman–Crippen MR) is 105 cm³/mol. The number of thioether (sulfide) groups is 1. The molecule has 1 aliphatic heterocycles. The van der Waals surface area contributed by atoms with Crippen molar-refractivity contribution in [2.24, 2.45) is 16.5 Å². The zero-order valence-electron chi connectivity index (χ0n) is 13.6. The van der Waals surface area contributed by atoms with Gasteiger partial charge in [-0.2, -0.15) is 0 Å². The monoisotopic (exact) mass is 380 g/mol. The number of amides is 1. The number of rotatable bonds is 10. The Morgan fingerprint density at radius 3 is 2.70 bits per heavy atom. The molecule has 0 saturated carbocycles. The maximum atomic E-state index is 11.7. The smallest absolute Gasteiger partial charge is 0.280 e. The third-order valence-electron chi connectivity index (χ3n) is 3.38. The van der Waals surface area contributed by atoms with Gasteiger partial charge in [0.05, 0.1) is 12.4 Å². The summed E-state index contributed by atoms with van der Waals surface area (Å²) < 4.78 is 0. The highest BCUT2D eigenvalue weighted by Gasteiger charge is 2.19. The number of carbonyl (C=O) groups excluding carboxylic acids is 1. The predicted octanol–water partition coefficient (Wildman–Crippen LogP) is 0.725. The Kier molecular flexibility index (Phi) is 11.8. The summed E-state index contributed by atoms with van der Waals surface area (Å²) in [7, 11) is 3.71. The zero-order valence-corrected chi connectivity index (χ0v) is 16.1. The van der Waals surface area contributed by atoms with Crippen LogP contribution in [0.3, 0.4) is 0 Å². The van der Waals surface area contributed by atoms with E-state index in [0.717, 1.165) is 44.1 Å². The molecule has 0 radical (unpaired) electrons. The number of hydrogen-bond donors (Lipinski definition) is 4. The molecule has 0 atom stereocenters. The third kappa shape index (κ3) is 11.0. The normalized spacial score (nSPS) is 16.2. The molecule has 0 aromatic rings. The van der Waals surface area contributed by atoms with Crippen molar-refractivity contribution in [2.75, 3.05) is 50.6 Å². The van der Waals surface area contributed by atoms with Crippen LogP contribution >= 0.6 is 33.3 Å². The summed E-state index contributed by atoms with van der Waals surface area (Å²) >= 11 is 1.31. The summed E-state index contributed by atoms with van der Waals surface area (Å²) in [6, 6.07) is 0.618. The average Bonchev–Trinajstić information content (AvgIpc) is 2.54. The van der Waals surface area contributed by atoms with Crippen molar-refractivity contribution in [3.05, 3.63) is 0 Å². The van der Waals surface area contributed by atoms with Gasteiger partial charge in [0.1, 0.15) is 0 Å². The van der Waals surface area contributed by atoms with E-state index in [9.17, 15) is 4.79 Å².